The second-order valence-electron chi connectivity index (χ2n) is 3.51. The maximum absolute atomic E-state index is 12.9. The van der Waals surface area contributed by atoms with Crippen LogP contribution >= 0.6 is 11.6 Å². The third kappa shape index (κ3) is 4.20. The maximum Gasteiger partial charge on any atom is 0.319 e. The smallest absolute Gasteiger partial charge is 0.319 e. The molecule has 1 rings (SSSR count). The predicted molar refractivity (Wildman–Crippen MR) is 64.7 cm³/mol. The van der Waals surface area contributed by atoms with Gasteiger partial charge in [-0.15, -0.1) is 0 Å². The standard InChI is InChI=1S/C11H14ClFN2O2/c1-2-8(6-16)14-11(17)15-10-5-7(13)3-4-9(10)12/h3-5,8,16H,2,6H2,1H3,(H2,14,15,17). The fraction of sp³-hybridized carbons (Fsp3) is 0.364. The molecule has 0 saturated heterocycles. The monoisotopic (exact) mass is 260 g/mol. The van der Waals surface area contributed by atoms with Crippen LogP contribution in [-0.4, -0.2) is 23.8 Å². The van der Waals surface area contributed by atoms with Crippen LogP contribution in [0.3, 0.4) is 0 Å². The molecule has 1 aromatic carbocycles. The van der Waals surface area contributed by atoms with Crippen molar-refractivity contribution in [3.63, 3.8) is 0 Å². The number of amides is 2. The SMILES string of the molecule is CCC(CO)NC(=O)Nc1cc(F)ccc1Cl. The molecule has 2 amide bonds. The highest BCUT2D eigenvalue weighted by atomic mass is 35.5. The normalized spacial score (nSPS) is 12.0. The van der Waals surface area contributed by atoms with E-state index in [2.05, 4.69) is 10.6 Å². The fourth-order valence-electron chi connectivity index (χ4n) is 1.21. The molecule has 4 nitrogen and oxygen atoms in total. The van der Waals surface area contributed by atoms with Gasteiger partial charge in [-0.3, -0.25) is 0 Å². The van der Waals surface area contributed by atoms with Gasteiger partial charge in [0, 0.05) is 0 Å². The van der Waals surface area contributed by atoms with E-state index >= 15 is 0 Å². The van der Waals surface area contributed by atoms with Crippen LogP contribution in [0.1, 0.15) is 13.3 Å². The van der Waals surface area contributed by atoms with Crippen LogP contribution < -0.4 is 10.6 Å². The summed E-state index contributed by atoms with van der Waals surface area (Å²) in [6, 6.07) is 2.83. The van der Waals surface area contributed by atoms with Crippen molar-refractivity contribution >= 4 is 23.3 Å². The summed E-state index contributed by atoms with van der Waals surface area (Å²) in [5.74, 6) is -0.487. The van der Waals surface area contributed by atoms with E-state index in [9.17, 15) is 9.18 Å². The molecule has 0 aromatic heterocycles. The van der Waals surface area contributed by atoms with E-state index in [0.717, 1.165) is 6.07 Å². The number of rotatable bonds is 4. The lowest BCUT2D eigenvalue weighted by atomic mass is 10.2. The molecule has 0 saturated carbocycles. The number of aliphatic hydroxyl groups excluding tert-OH is 1. The lowest BCUT2D eigenvalue weighted by molar-refractivity contribution is 0.222. The number of aliphatic hydroxyl groups is 1. The van der Waals surface area contributed by atoms with E-state index in [0.29, 0.717) is 6.42 Å². The van der Waals surface area contributed by atoms with Crippen LogP contribution in [0, 0.1) is 5.82 Å². The summed E-state index contributed by atoms with van der Waals surface area (Å²) >= 11 is 5.79. The lowest BCUT2D eigenvalue weighted by Gasteiger charge is -2.15. The zero-order chi connectivity index (χ0) is 12.8. The molecule has 6 heteroatoms. The summed E-state index contributed by atoms with van der Waals surface area (Å²) < 4.78 is 12.9. The van der Waals surface area contributed by atoms with Gasteiger partial charge < -0.3 is 15.7 Å². The van der Waals surface area contributed by atoms with Gasteiger partial charge in [-0.05, 0) is 24.6 Å². The highest BCUT2D eigenvalue weighted by molar-refractivity contribution is 6.33. The third-order valence-corrected chi connectivity index (χ3v) is 2.55. The van der Waals surface area contributed by atoms with Crippen molar-refractivity contribution in [3.05, 3.63) is 29.0 Å². The number of hydrogen-bond acceptors (Lipinski definition) is 2. The summed E-state index contributed by atoms with van der Waals surface area (Å²) in [5.41, 5.74) is 0.192. The van der Waals surface area contributed by atoms with Crippen LogP contribution in [-0.2, 0) is 0 Å². The highest BCUT2D eigenvalue weighted by Crippen LogP contribution is 2.22. The summed E-state index contributed by atoms with van der Waals surface area (Å²) in [4.78, 5) is 11.5. The fourth-order valence-corrected chi connectivity index (χ4v) is 1.38. The van der Waals surface area contributed by atoms with Crippen molar-refractivity contribution in [2.24, 2.45) is 0 Å². The molecule has 0 aliphatic rings. The zero-order valence-corrected chi connectivity index (χ0v) is 10.1. The molecular weight excluding hydrogens is 247 g/mol. The second kappa shape index (κ2) is 6.42. The lowest BCUT2D eigenvalue weighted by Crippen LogP contribution is -2.39. The van der Waals surface area contributed by atoms with Crippen molar-refractivity contribution in [1.29, 1.82) is 0 Å². The minimum atomic E-state index is -0.529. The van der Waals surface area contributed by atoms with Crippen molar-refractivity contribution in [2.45, 2.75) is 19.4 Å². The topological polar surface area (TPSA) is 61.4 Å². The molecule has 0 heterocycles. The zero-order valence-electron chi connectivity index (χ0n) is 9.34. The van der Waals surface area contributed by atoms with Crippen LogP contribution in [0.2, 0.25) is 5.02 Å². The summed E-state index contributed by atoms with van der Waals surface area (Å²) in [7, 11) is 0. The number of nitrogens with one attached hydrogen (secondary N) is 2. The molecule has 0 spiro atoms. The van der Waals surface area contributed by atoms with Gasteiger partial charge in [0.25, 0.3) is 0 Å². The number of urea groups is 1. The Morgan fingerprint density at radius 3 is 2.88 bits per heavy atom. The molecule has 17 heavy (non-hydrogen) atoms. The van der Waals surface area contributed by atoms with Crippen molar-refractivity contribution in [1.82, 2.24) is 5.32 Å². The van der Waals surface area contributed by atoms with Gasteiger partial charge in [0.1, 0.15) is 5.82 Å². The van der Waals surface area contributed by atoms with Gasteiger partial charge in [0.2, 0.25) is 0 Å². The molecule has 1 unspecified atom stereocenters. The maximum atomic E-state index is 12.9. The highest BCUT2D eigenvalue weighted by Gasteiger charge is 2.10. The van der Waals surface area contributed by atoms with E-state index in [-0.39, 0.29) is 23.4 Å². The molecule has 94 valence electrons. The average Bonchev–Trinajstić information content (AvgIpc) is 2.31. The molecule has 0 bridgehead atoms. The summed E-state index contributed by atoms with van der Waals surface area (Å²) in [6.45, 7) is 1.68. The number of benzene rings is 1. The molecule has 0 fully saturated rings. The third-order valence-electron chi connectivity index (χ3n) is 2.23. The van der Waals surface area contributed by atoms with Crippen LogP contribution in [0.15, 0.2) is 18.2 Å². The van der Waals surface area contributed by atoms with Gasteiger partial charge in [-0.1, -0.05) is 18.5 Å². The van der Waals surface area contributed by atoms with Gasteiger partial charge in [-0.2, -0.15) is 0 Å². The van der Waals surface area contributed by atoms with Gasteiger partial charge in [-0.25, -0.2) is 9.18 Å². The molecule has 3 N–H and O–H groups in total. The van der Waals surface area contributed by atoms with Gasteiger partial charge >= 0.3 is 6.03 Å². The number of halogens is 2. The predicted octanol–water partition coefficient (Wildman–Crippen LogP) is 2.37. The molecule has 1 aromatic rings. The first-order valence-electron chi connectivity index (χ1n) is 5.20. The Labute approximate surface area is 104 Å². The van der Waals surface area contributed by atoms with E-state index in [1.54, 1.807) is 0 Å². The Morgan fingerprint density at radius 2 is 2.29 bits per heavy atom. The van der Waals surface area contributed by atoms with Crippen molar-refractivity contribution in [3.8, 4) is 0 Å². The van der Waals surface area contributed by atoms with Crippen molar-refractivity contribution in [2.75, 3.05) is 11.9 Å². The number of carbonyl (C=O) groups excluding carboxylic acids is 1. The largest absolute Gasteiger partial charge is 0.394 e. The molecule has 0 aliphatic carbocycles. The van der Waals surface area contributed by atoms with Crippen LogP contribution in [0.25, 0.3) is 0 Å². The number of hydrogen-bond donors (Lipinski definition) is 3. The number of anilines is 1. The van der Waals surface area contributed by atoms with E-state index in [4.69, 9.17) is 16.7 Å². The van der Waals surface area contributed by atoms with E-state index < -0.39 is 11.8 Å². The quantitative estimate of drug-likeness (QED) is 0.778. The van der Waals surface area contributed by atoms with Crippen LogP contribution in [0.5, 0.6) is 0 Å². The van der Waals surface area contributed by atoms with Crippen LogP contribution in [0.4, 0.5) is 14.9 Å². The molecule has 0 radical (unpaired) electrons. The summed E-state index contributed by atoms with van der Waals surface area (Å²) in [6.07, 6.45) is 0.598. The second-order valence-corrected chi connectivity index (χ2v) is 3.92. The van der Waals surface area contributed by atoms with Gasteiger partial charge in [0.15, 0.2) is 0 Å². The Morgan fingerprint density at radius 1 is 1.59 bits per heavy atom. The summed E-state index contributed by atoms with van der Waals surface area (Å²) in [5, 5.41) is 14.1. The minimum Gasteiger partial charge on any atom is -0.394 e. The Kier molecular flexibility index (Phi) is 5.18. The Bertz CT molecular complexity index is 397. The molecule has 0 aliphatic heterocycles. The van der Waals surface area contributed by atoms with Gasteiger partial charge in [0.05, 0.1) is 23.4 Å². The number of carbonyl (C=O) groups is 1. The molecule has 1 atom stereocenters. The average molecular weight is 261 g/mol. The minimum absolute atomic E-state index is 0.152. The first kappa shape index (κ1) is 13.7. The first-order valence-corrected chi connectivity index (χ1v) is 5.58. The van der Waals surface area contributed by atoms with E-state index in [1.165, 1.54) is 12.1 Å². The molecular formula is C11H14ClFN2O2. The Balaban J connectivity index is 2.64. The van der Waals surface area contributed by atoms with E-state index in [1.807, 2.05) is 6.92 Å². The van der Waals surface area contributed by atoms with Crippen molar-refractivity contribution < 1.29 is 14.3 Å². The first-order chi connectivity index (χ1) is 8.06. The Hall–Kier alpha value is -1.33.